The van der Waals surface area contributed by atoms with Gasteiger partial charge >= 0.3 is 0 Å². The fourth-order valence-electron chi connectivity index (χ4n) is 1.81. The van der Waals surface area contributed by atoms with Crippen LogP contribution in [0.5, 0.6) is 0 Å². The van der Waals surface area contributed by atoms with Gasteiger partial charge in [0.25, 0.3) is 0 Å². The summed E-state index contributed by atoms with van der Waals surface area (Å²) in [6.45, 7) is 2.26. The lowest BCUT2D eigenvalue weighted by Gasteiger charge is -2.24. The fraction of sp³-hybridized carbons (Fsp3) is 0.900. The monoisotopic (exact) mass is 248 g/mol. The molecular formula is C10H20N2O3S. The lowest BCUT2D eigenvalue weighted by molar-refractivity contribution is -0.125. The smallest absolute Gasteiger partial charge is 0.224 e. The third-order valence-corrected chi connectivity index (χ3v) is 4.76. The molecule has 0 aliphatic carbocycles. The van der Waals surface area contributed by atoms with Crippen LogP contribution in [0.15, 0.2) is 0 Å². The quantitative estimate of drug-likeness (QED) is 0.712. The Morgan fingerprint density at radius 2 is 2.00 bits per heavy atom. The van der Waals surface area contributed by atoms with Crippen molar-refractivity contribution in [3.8, 4) is 0 Å². The van der Waals surface area contributed by atoms with Crippen LogP contribution in [0.1, 0.15) is 26.2 Å². The Hall–Kier alpha value is -0.620. The van der Waals surface area contributed by atoms with E-state index in [0.717, 1.165) is 0 Å². The van der Waals surface area contributed by atoms with E-state index in [1.54, 1.807) is 0 Å². The predicted octanol–water partition coefficient (Wildman–Crippen LogP) is -0.335. The van der Waals surface area contributed by atoms with Gasteiger partial charge in [0.1, 0.15) is 9.84 Å². The van der Waals surface area contributed by atoms with Crippen molar-refractivity contribution < 1.29 is 13.2 Å². The van der Waals surface area contributed by atoms with Crippen molar-refractivity contribution >= 4 is 15.7 Å². The molecule has 1 saturated heterocycles. The third-order valence-electron chi connectivity index (χ3n) is 3.05. The summed E-state index contributed by atoms with van der Waals surface area (Å²) in [7, 11) is -2.86. The Bertz CT molecular complexity index is 322. The van der Waals surface area contributed by atoms with Crippen molar-refractivity contribution in [2.75, 3.05) is 18.1 Å². The summed E-state index contributed by atoms with van der Waals surface area (Å²) in [6, 6.07) is -0.00313. The van der Waals surface area contributed by atoms with Crippen molar-refractivity contribution in [1.29, 1.82) is 0 Å². The third kappa shape index (κ3) is 3.75. The van der Waals surface area contributed by atoms with Crippen LogP contribution in [0.25, 0.3) is 0 Å². The molecule has 1 fully saturated rings. The molecule has 0 spiro atoms. The van der Waals surface area contributed by atoms with E-state index in [0.29, 0.717) is 25.8 Å². The van der Waals surface area contributed by atoms with Crippen molar-refractivity contribution in [2.24, 2.45) is 11.7 Å². The molecule has 94 valence electrons. The average molecular weight is 248 g/mol. The first kappa shape index (κ1) is 13.4. The number of carbonyl (C=O) groups excluding carboxylic acids is 1. The van der Waals surface area contributed by atoms with Crippen molar-refractivity contribution in [3.05, 3.63) is 0 Å². The molecule has 6 heteroatoms. The van der Waals surface area contributed by atoms with E-state index >= 15 is 0 Å². The van der Waals surface area contributed by atoms with Crippen LogP contribution >= 0.6 is 0 Å². The predicted molar refractivity (Wildman–Crippen MR) is 62.7 cm³/mol. The standard InChI is InChI=1S/C10H20N2O3S/c1-2-8(7-11)10(13)12-9-3-5-16(14,15)6-4-9/h8-9H,2-7,11H2,1H3,(H,12,13). The summed E-state index contributed by atoms with van der Waals surface area (Å²) in [4.78, 5) is 11.7. The molecule has 0 aromatic heterocycles. The second-order valence-corrected chi connectivity index (χ2v) is 6.58. The van der Waals surface area contributed by atoms with Crippen molar-refractivity contribution in [1.82, 2.24) is 5.32 Å². The van der Waals surface area contributed by atoms with E-state index in [4.69, 9.17) is 5.73 Å². The molecule has 1 amide bonds. The minimum absolute atomic E-state index is 0.00313. The maximum atomic E-state index is 11.7. The highest BCUT2D eigenvalue weighted by molar-refractivity contribution is 7.91. The Morgan fingerprint density at radius 1 is 1.44 bits per heavy atom. The first-order chi connectivity index (χ1) is 7.48. The highest BCUT2D eigenvalue weighted by Crippen LogP contribution is 2.13. The van der Waals surface area contributed by atoms with Crippen molar-refractivity contribution in [3.63, 3.8) is 0 Å². The van der Waals surface area contributed by atoms with Gasteiger partial charge in [0.05, 0.1) is 11.5 Å². The maximum absolute atomic E-state index is 11.7. The van der Waals surface area contributed by atoms with Gasteiger partial charge in [0, 0.05) is 18.5 Å². The molecule has 0 bridgehead atoms. The number of rotatable bonds is 4. The summed E-state index contributed by atoms with van der Waals surface area (Å²) in [6.07, 6.45) is 1.76. The molecule has 0 radical (unpaired) electrons. The Balaban J connectivity index is 2.42. The van der Waals surface area contributed by atoms with E-state index in [1.807, 2.05) is 6.92 Å². The molecule has 1 aliphatic rings. The molecule has 1 aliphatic heterocycles. The molecule has 0 aromatic rings. The highest BCUT2D eigenvalue weighted by atomic mass is 32.2. The van der Waals surface area contributed by atoms with Crippen LogP contribution in [-0.2, 0) is 14.6 Å². The number of nitrogens with two attached hydrogens (primary N) is 1. The largest absolute Gasteiger partial charge is 0.353 e. The number of sulfone groups is 1. The summed E-state index contributed by atoms with van der Waals surface area (Å²) in [5, 5.41) is 2.88. The minimum atomic E-state index is -2.86. The molecule has 1 atom stereocenters. The molecule has 3 N–H and O–H groups in total. The molecule has 1 unspecified atom stereocenters. The molecule has 5 nitrogen and oxygen atoms in total. The summed E-state index contributed by atoms with van der Waals surface area (Å²) in [5.74, 6) is 0.155. The molecule has 1 heterocycles. The van der Waals surface area contributed by atoms with Gasteiger partial charge < -0.3 is 11.1 Å². The van der Waals surface area contributed by atoms with Gasteiger partial charge in [-0.25, -0.2) is 8.42 Å². The second-order valence-electron chi connectivity index (χ2n) is 4.28. The van der Waals surface area contributed by atoms with E-state index in [-0.39, 0.29) is 29.4 Å². The minimum Gasteiger partial charge on any atom is -0.353 e. The zero-order valence-corrected chi connectivity index (χ0v) is 10.4. The Labute approximate surface area is 96.7 Å². The maximum Gasteiger partial charge on any atom is 0.224 e. The molecular weight excluding hydrogens is 228 g/mol. The lowest BCUT2D eigenvalue weighted by Crippen LogP contribution is -2.44. The molecule has 0 saturated carbocycles. The van der Waals surface area contributed by atoms with Gasteiger partial charge in [0.2, 0.25) is 5.91 Å². The van der Waals surface area contributed by atoms with E-state index in [9.17, 15) is 13.2 Å². The van der Waals surface area contributed by atoms with Crippen LogP contribution in [0.4, 0.5) is 0 Å². The van der Waals surface area contributed by atoms with E-state index < -0.39 is 9.84 Å². The number of hydrogen-bond donors (Lipinski definition) is 2. The topological polar surface area (TPSA) is 89.3 Å². The Kier molecular flexibility index (Phi) is 4.73. The van der Waals surface area contributed by atoms with Crippen LogP contribution in [-0.4, -0.2) is 38.4 Å². The van der Waals surface area contributed by atoms with Gasteiger partial charge in [-0.3, -0.25) is 4.79 Å². The summed E-state index contributed by atoms with van der Waals surface area (Å²) < 4.78 is 22.4. The van der Waals surface area contributed by atoms with Gasteiger partial charge in [-0.15, -0.1) is 0 Å². The first-order valence-corrected chi connectivity index (χ1v) is 7.51. The number of hydrogen-bond acceptors (Lipinski definition) is 4. The van der Waals surface area contributed by atoms with Gasteiger partial charge in [-0.2, -0.15) is 0 Å². The van der Waals surface area contributed by atoms with E-state index in [2.05, 4.69) is 5.32 Å². The molecule has 1 rings (SSSR count). The molecule has 0 aromatic carbocycles. The van der Waals surface area contributed by atoms with Gasteiger partial charge in [-0.05, 0) is 19.3 Å². The number of nitrogens with one attached hydrogen (secondary N) is 1. The first-order valence-electron chi connectivity index (χ1n) is 5.69. The van der Waals surface area contributed by atoms with Crippen molar-refractivity contribution in [2.45, 2.75) is 32.2 Å². The van der Waals surface area contributed by atoms with E-state index in [1.165, 1.54) is 0 Å². The fourth-order valence-corrected chi connectivity index (χ4v) is 3.30. The van der Waals surface area contributed by atoms with Gasteiger partial charge in [0.15, 0.2) is 0 Å². The zero-order valence-electron chi connectivity index (χ0n) is 9.61. The summed E-state index contributed by atoms with van der Waals surface area (Å²) in [5.41, 5.74) is 5.48. The normalized spacial score (nSPS) is 22.6. The summed E-state index contributed by atoms with van der Waals surface area (Å²) >= 11 is 0. The van der Waals surface area contributed by atoms with Crippen LogP contribution in [0.3, 0.4) is 0 Å². The van der Waals surface area contributed by atoms with Crippen LogP contribution in [0.2, 0.25) is 0 Å². The lowest BCUT2D eigenvalue weighted by atomic mass is 10.0. The second kappa shape index (κ2) is 5.63. The van der Waals surface area contributed by atoms with Crippen LogP contribution in [0, 0.1) is 5.92 Å². The number of amides is 1. The molecule has 16 heavy (non-hydrogen) atoms. The number of carbonyl (C=O) groups is 1. The van der Waals surface area contributed by atoms with Crippen LogP contribution < -0.4 is 11.1 Å². The SMILES string of the molecule is CCC(CN)C(=O)NC1CCS(=O)(=O)CC1. The Morgan fingerprint density at radius 3 is 2.44 bits per heavy atom. The average Bonchev–Trinajstić information content (AvgIpc) is 2.23. The highest BCUT2D eigenvalue weighted by Gasteiger charge is 2.26. The van der Waals surface area contributed by atoms with Gasteiger partial charge in [-0.1, -0.05) is 6.92 Å². The zero-order chi connectivity index (χ0) is 12.2.